The van der Waals surface area contributed by atoms with Crippen LogP contribution in [0.1, 0.15) is 52.4 Å². The molecule has 0 heterocycles. The van der Waals surface area contributed by atoms with Gasteiger partial charge in [-0.15, -0.1) is 11.6 Å². The number of hydrogen-bond donors (Lipinski definition) is 0. The molecule has 0 spiro atoms. The van der Waals surface area contributed by atoms with Crippen molar-refractivity contribution in [3.8, 4) is 0 Å². The lowest BCUT2D eigenvalue weighted by molar-refractivity contribution is -0.146. The smallest absolute Gasteiger partial charge is 0.157 e. The maximum absolute atomic E-state index is 5.62. The van der Waals surface area contributed by atoms with E-state index < -0.39 is 0 Å². The first-order valence-corrected chi connectivity index (χ1v) is 6.67. The molecule has 0 aromatic rings. The topological polar surface area (TPSA) is 18.5 Å². The Hall–Kier alpha value is 0.210. The maximum Gasteiger partial charge on any atom is 0.157 e. The van der Waals surface area contributed by atoms with Gasteiger partial charge in [0.05, 0.1) is 0 Å². The summed E-state index contributed by atoms with van der Waals surface area (Å²) in [5.74, 6) is 0.760. The molecule has 0 bridgehead atoms. The van der Waals surface area contributed by atoms with E-state index in [1.54, 1.807) is 0 Å². The van der Waals surface area contributed by atoms with Gasteiger partial charge in [-0.05, 0) is 32.1 Å². The number of ether oxygens (including phenoxy) is 2. The third-order valence-electron chi connectivity index (χ3n) is 2.09. The van der Waals surface area contributed by atoms with Gasteiger partial charge < -0.3 is 9.47 Å². The number of rotatable bonds is 11. The molecule has 0 aromatic carbocycles. The summed E-state index contributed by atoms with van der Waals surface area (Å²) in [6, 6.07) is 0. The highest BCUT2D eigenvalue weighted by molar-refractivity contribution is 6.17. The highest BCUT2D eigenvalue weighted by Crippen LogP contribution is 2.09. The largest absolute Gasteiger partial charge is 0.353 e. The molecule has 0 radical (unpaired) electrons. The van der Waals surface area contributed by atoms with E-state index in [-0.39, 0.29) is 6.29 Å². The van der Waals surface area contributed by atoms with Gasteiger partial charge in [0, 0.05) is 19.1 Å². The molecule has 92 valence electrons. The van der Waals surface area contributed by atoms with Crippen LogP contribution in [0, 0.1) is 0 Å². The molecule has 0 saturated carbocycles. The van der Waals surface area contributed by atoms with E-state index in [2.05, 4.69) is 13.8 Å². The minimum Gasteiger partial charge on any atom is -0.353 e. The third-order valence-corrected chi connectivity index (χ3v) is 2.36. The SMILES string of the molecule is CCCOC(CCCCCCl)OCCC. The Morgan fingerprint density at radius 2 is 1.53 bits per heavy atom. The molecule has 0 aliphatic heterocycles. The molecule has 0 unspecified atom stereocenters. The molecule has 0 N–H and O–H groups in total. The van der Waals surface area contributed by atoms with Crippen molar-refractivity contribution in [3.63, 3.8) is 0 Å². The van der Waals surface area contributed by atoms with Gasteiger partial charge in [0.15, 0.2) is 6.29 Å². The zero-order valence-corrected chi connectivity index (χ0v) is 10.9. The number of alkyl halides is 1. The van der Waals surface area contributed by atoms with Gasteiger partial charge in [0.2, 0.25) is 0 Å². The quantitative estimate of drug-likeness (QED) is 0.307. The minimum absolute atomic E-state index is 0.000209. The van der Waals surface area contributed by atoms with Crippen molar-refractivity contribution < 1.29 is 9.47 Å². The van der Waals surface area contributed by atoms with Gasteiger partial charge in [-0.1, -0.05) is 20.3 Å². The van der Waals surface area contributed by atoms with Gasteiger partial charge in [-0.2, -0.15) is 0 Å². The Bertz CT molecular complexity index is 112. The van der Waals surface area contributed by atoms with Crippen molar-refractivity contribution in [1.82, 2.24) is 0 Å². The van der Waals surface area contributed by atoms with Gasteiger partial charge in [-0.25, -0.2) is 0 Å². The first-order chi connectivity index (χ1) is 7.35. The van der Waals surface area contributed by atoms with Crippen molar-refractivity contribution >= 4 is 11.6 Å². The highest BCUT2D eigenvalue weighted by atomic mass is 35.5. The highest BCUT2D eigenvalue weighted by Gasteiger charge is 2.07. The van der Waals surface area contributed by atoms with Crippen LogP contribution in [0.3, 0.4) is 0 Å². The zero-order chi connectivity index (χ0) is 11.4. The molecule has 0 aliphatic carbocycles. The van der Waals surface area contributed by atoms with E-state index in [4.69, 9.17) is 21.1 Å². The van der Waals surface area contributed by atoms with Crippen molar-refractivity contribution in [2.24, 2.45) is 0 Å². The summed E-state index contributed by atoms with van der Waals surface area (Å²) in [6.45, 7) is 5.82. The van der Waals surface area contributed by atoms with E-state index in [0.29, 0.717) is 0 Å². The average molecular weight is 237 g/mol. The molecule has 3 heteroatoms. The van der Waals surface area contributed by atoms with Gasteiger partial charge in [-0.3, -0.25) is 0 Å². The van der Waals surface area contributed by atoms with Crippen molar-refractivity contribution in [2.75, 3.05) is 19.1 Å². The number of halogens is 1. The minimum atomic E-state index is 0.000209. The van der Waals surface area contributed by atoms with Gasteiger partial charge in [0.25, 0.3) is 0 Å². The van der Waals surface area contributed by atoms with Crippen molar-refractivity contribution in [2.45, 2.75) is 58.7 Å². The molecular weight excluding hydrogens is 212 g/mol. The second kappa shape index (κ2) is 12.3. The summed E-state index contributed by atoms with van der Waals surface area (Å²) in [4.78, 5) is 0. The zero-order valence-electron chi connectivity index (χ0n) is 10.1. The fourth-order valence-electron chi connectivity index (χ4n) is 1.30. The van der Waals surface area contributed by atoms with Crippen LogP contribution in [0.5, 0.6) is 0 Å². The van der Waals surface area contributed by atoms with Crippen LogP contribution in [0.25, 0.3) is 0 Å². The van der Waals surface area contributed by atoms with Crippen LogP contribution >= 0.6 is 11.6 Å². The summed E-state index contributed by atoms with van der Waals surface area (Å²) in [5, 5.41) is 0. The standard InChI is InChI=1S/C12H25ClO2/c1-3-10-14-12(15-11-4-2)8-6-5-7-9-13/h12H,3-11H2,1-2H3. The van der Waals surface area contributed by atoms with Crippen LogP contribution in [0.2, 0.25) is 0 Å². The normalized spacial score (nSPS) is 11.2. The second-order valence-electron chi connectivity index (χ2n) is 3.71. The van der Waals surface area contributed by atoms with Gasteiger partial charge in [0.1, 0.15) is 0 Å². The monoisotopic (exact) mass is 236 g/mol. The van der Waals surface area contributed by atoms with Crippen molar-refractivity contribution in [3.05, 3.63) is 0 Å². The molecule has 0 aromatic heterocycles. The molecule has 2 nitrogen and oxygen atoms in total. The molecule has 0 rings (SSSR count). The number of hydrogen-bond acceptors (Lipinski definition) is 2. The predicted octanol–water partition coefficient (Wildman–Crippen LogP) is 3.96. The maximum atomic E-state index is 5.62. The van der Waals surface area contributed by atoms with E-state index in [9.17, 15) is 0 Å². The van der Waals surface area contributed by atoms with E-state index >= 15 is 0 Å². The fourth-order valence-corrected chi connectivity index (χ4v) is 1.48. The Morgan fingerprint density at radius 3 is 2.00 bits per heavy atom. The third kappa shape index (κ3) is 10.5. The average Bonchev–Trinajstić information content (AvgIpc) is 2.27. The lowest BCUT2D eigenvalue weighted by atomic mass is 10.2. The first kappa shape index (κ1) is 15.2. The predicted molar refractivity (Wildman–Crippen MR) is 65.5 cm³/mol. The first-order valence-electron chi connectivity index (χ1n) is 6.14. The van der Waals surface area contributed by atoms with E-state index in [1.807, 2.05) is 0 Å². The summed E-state index contributed by atoms with van der Waals surface area (Å²) in [7, 11) is 0. The van der Waals surface area contributed by atoms with E-state index in [0.717, 1.165) is 51.2 Å². The fraction of sp³-hybridized carbons (Fsp3) is 1.00. The molecule has 0 amide bonds. The summed E-state index contributed by atoms with van der Waals surface area (Å²) < 4.78 is 11.2. The molecule has 0 fully saturated rings. The summed E-state index contributed by atoms with van der Waals surface area (Å²) >= 11 is 5.62. The Morgan fingerprint density at radius 1 is 0.933 bits per heavy atom. The molecule has 0 atom stereocenters. The van der Waals surface area contributed by atoms with Crippen LogP contribution in [-0.2, 0) is 9.47 Å². The van der Waals surface area contributed by atoms with Crippen molar-refractivity contribution in [1.29, 1.82) is 0 Å². The van der Waals surface area contributed by atoms with Crippen LogP contribution in [0.4, 0.5) is 0 Å². The van der Waals surface area contributed by atoms with E-state index in [1.165, 1.54) is 6.42 Å². The van der Waals surface area contributed by atoms with Crippen LogP contribution in [0.15, 0.2) is 0 Å². The van der Waals surface area contributed by atoms with Crippen LogP contribution < -0.4 is 0 Å². The summed E-state index contributed by atoms with van der Waals surface area (Å²) in [6.07, 6.45) is 6.50. The molecule has 15 heavy (non-hydrogen) atoms. The Balaban J connectivity index is 3.49. The molecule has 0 saturated heterocycles. The molecule has 0 aliphatic rings. The van der Waals surface area contributed by atoms with Crippen LogP contribution in [-0.4, -0.2) is 25.4 Å². The number of unbranched alkanes of at least 4 members (excludes halogenated alkanes) is 2. The van der Waals surface area contributed by atoms with Gasteiger partial charge >= 0.3 is 0 Å². The summed E-state index contributed by atoms with van der Waals surface area (Å²) in [5.41, 5.74) is 0. The Labute approximate surface area is 99.3 Å². The lowest BCUT2D eigenvalue weighted by Crippen LogP contribution is -2.18. The molecular formula is C12H25ClO2. The second-order valence-corrected chi connectivity index (χ2v) is 4.09. The Kier molecular flexibility index (Phi) is 12.5. The lowest BCUT2D eigenvalue weighted by Gasteiger charge is -2.17.